The molecule has 0 radical (unpaired) electrons. The highest BCUT2D eigenvalue weighted by Crippen LogP contribution is 2.21. The summed E-state index contributed by atoms with van der Waals surface area (Å²) in [6.07, 6.45) is 2.08. The van der Waals surface area contributed by atoms with E-state index in [2.05, 4.69) is 5.10 Å². The van der Waals surface area contributed by atoms with Gasteiger partial charge in [-0.1, -0.05) is 12.1 Å². The molecule has 1 saturated heterocycles. The van der Waals surface area contributed by atoms with Gasteiger partial charge in [-0.05, 0) is 37.5 Å². The van der Waals surface area contributed by atoms with E-state index in [4.69, 9.17) is 10.5 Å². The predicted molar refractivity (Wildman–Crippen MR) is 108 cm³/mol. The van der Waals surface area contributed by atoms with Crippen LogP contribution in [0.25, 0.3) is 11.3 Å². The first-order valence-electron chi connectivity index (χ1n) is 9.77. The minimum Gasteiger partial charge on any atom is -0.497 e. The molecule has 1 aromatic heterocycles. The average Bonchev–Trinajstić information content (AvgIpc) is 2.75. The van der Waals surface area contributed by atoms with E-state index in [1.165, 1.54) is 10.7 Å². The molecule has 3 rings (SSSR count). The molecule has 0 atom stereocenters. The number of amides is 2. The number of primary amides is 1. The van der Waals surface area contributed by atoms with Gasteiger partial charge in [-0.2, -0.15) is 5.10 Å². The van der Waals surface area contributed by atoms with Gasteiger partial charge in [0.2, 0.25) is 11.8 Å². The molecule has 1 aromatic carbocycles. The van der Waals surface area contributed by atoms with Crippen molar-refractivity contribution in [1.29, 1.82) is 0 Å². The monoisotopic (exact) mass is 398 g/mol. The number of carbonyl (C=O) groups excluding carboxylic acids is 2. The SMILES string of the molecule is COc1cccc(-c2ccc(=O)n(CCCC(=O)N3CCC(C(N)=O)CC3)n2)c1. The number of ether oxygens (including phenoxy) is 1. The Labute approximate surface area is 169 Å². The molecule has 0 spiro atoms. The summed E-state index contributed by atoms with van der Waals surface area (Å²) < 4.78 is 6.63. The summed E-state index contributed by atoms with van der Waals surface area (Å²) in [5.74, 6) is 0.317. The molecular weight excluding hydrogens is 372 g/mol. The molecule has 1 fully saturated rings. The average molecular weight is 398 g/mol. The highest BCUT2D eigenvalue weighted by molar-refractivity contribution is 5.78. The lowest BCUT2D eigenvalue weighted by molar-refractivity contribution is -0.135. The lowest BCUT2D eigenvalue weighted by Gasteiger charge is -2.30. The third-order valence-electron chi connectivity index (χ3n) is 5.24. The molecule has 0 unspecified atom stereocenters. The lowest BCUT2D eigenvalue weighted by atomic mass is 9.96. The van der Waals surface area contributed by atoms with Gasteiger partial charge < -0.3 is 15.4 Å². The maximum Gasteiger partial charge on any atom is 0.266 e. The van der Waals surface area contributed by atoms with Crippen LogP contribution in [0.15, 0.2) is 41.2 Å². The van der Waals surface area contributed by atoms with Gasteiger partial charge in [0.05, 0.1) is 12.8 Å². The second-order valence-electron chi connectivity index (χ2n) is 7.17. The Morgan fingerprint density at radius 3 is 2.66 bits per heavy atom. The number of rotatable bonds is 7. The molecule has 2 aromatic rings. The number of nitrogens with zero attached hydrogens (tertiary/aromatic N) is 3. The maximum absolute atomic E-state index is 12.4. The van der Waals surface area contributed by atoms with Crippen LogP contribution in [-0.4, -0.2) is 46.7 Å². The van der Waals surface area contributed by atoms with E-state index in [1.54, 1.807) is 18.1 Å². The smallest absolute Gasteiger partial charge is 0.266 e. The number of likely N-dealkylation sites (tertiary alicyclic amines) is 1. The standard InChI is InChI=1S/C21H26N4O4/c1-29-17-5-2-4-16(14-17)18-7-8-20(27)25(23-18)11-3-6-19(26)24-12-9-15(10-13-24)21(22)28/h2,4-5,7-8,14-15H,3,6,9-13H2,1H3,(H2,22,28). The fourth-order valence-corrected chi connectivity index (χ4v) is 3.50. The molecule has 1 aliphatic rings. The highest BCUT2D eigenvalue weighted by Gasteiger charge is 2.25. The number of carbonyl (C=O) groups is 2. The summed E-state index contributed by atoms with van der Waals surface area (Å²) in [5, 5.41) is 4.43. The molecule has 0 saturated carbocycles. The quantitative estimate of drug-likeness (QED) is 0.759. The summed E-state index contributed by atoms with van der Waals surface area (Å²) in [6, 6.07) is 10.6. The van der Waals surface area contributed by atoms with E-state index >= 15 is 0 Å². The van der Waals surface area contributed by atoms with Crippen LogP contribution in [0.2, 0.25) is 0 Å². The van der Waals surface area contributed by atoms with Crippen molar-refractivity contribution in [3.8, 4) is 17.0 Å². The first kappa shape index (κ1) is 20.6. The van der Waals surface area contributed by atoms with E-state index < -0.39 is 0 Å². The third kappa shape index (κ3) is 5.22. The van der Waals surface area contributed by atoms with Crippen molar-refractivity contribution >= 4 is 11.8 Å². The molecule has 2 heterocycles. The van der Waals surface area contributed by atoms with Gasteiger partial charge >= 0.3 is 0 Å². The third-order valence-corrected chi connectivity index (χ3v) is 5.24. The highest BCUT2D eigenvalue weighted by atomic mass is 16.5. The van der Waals surface area contributed by atoms with Crippen molar-refractivity contribution < 1.29 is 14.3 Å². The van der Waals surface area contributed by atoms with Gasteiger partial charge in [0.25, 0.3) is 5.56 Å². The second-order valence-corrected chi connectivity index (χ2v) is 7.17. The summed E-state index contributed by atoms with van der Waals surface area (Å²) in [4.78, 5) is 37.5. The van der Waals surface area contributed by atoms with Gasteiger partial charge in [0, 0.05) is 43.6 Å². The normalized spacial score (nSPS) is 14.6. The van der Waals surface area contributed by atoms with Crippen LogP contribution < -0.4 is 16.0 Å². The van der Waals surface area contributed by atoms with Crippen LogP contribution in [0.5, 0.6) is 5.75 Å². The zero-order valence-corrected chi connectivity index (χ0v) is 16.5. The molecule has 1 aliphatic heterocycles. The van der Waals surface area contributed by atoms with Gasteiger partial charge in [0.1, 0.15) is 5.75 Å². The number of hydrogen-bond acceptors (Lipinski definition) is 5. The number of hydrogen-bond donors (Lipinski definition) is 1. The Balaban J connectivity index is 1.57. The number of piperidine rings is 1. The van der Waals surface area contributed by atoms with Crippen LogP contribution in [0.3, 0.4) is 0 Å². The molecular formula is C21H26N4O4. The topological polar surface area (TPSA) is 108 Å². The minimum absolute atomic E-state index is 0.0323. The molecule has 29 heavy (non-hydrogen) atoms. The maximum atomic E-state index is 12.4. The Kier molecular flexibility index (Phi) is 6.64. The van der Waals surface area contributed by atoms with Crippen molar-refractivity contribution in [2.45, 2.75) is 32.2 Å². The molecule has 8 heteroatoms. The van der Waals surface area contributed by atoms with Crippen molar-refractivity contribution in [3.05, 3.63) is 46.8 Å². The predicted octanol–water partition coefficient (Wildman–Crippen LogP) is 1.42. The lowest BCUT2D eigenvalue weighted by Crippen LogP contribution is -2.41. The first-order valence-corrected chi connectivity index (χ1v) is 9.77. The fourth-order valence-electron chi connectivity index (χ4n) is 3.50. The van der Waals surface area contributed by atoms with Crippen molar-refractivity contribution in [3.63, 3.8) is 0 Å². The Bertz CT molecular complexity index is 932. The van der Waals surface area contributed by atoms with E-state index in [0.717, 1.165) is 5.56 Å². The van der Waals surface area contributed by atoms with Gasteiger partial charge in [-0.3, -0.25) is 14.4 Å². The molecule has 2 N–H and O–H groups in total. The molecule has 8 nitrogen and oxygen atoms in total. The summed E-state index contributed by atoms with van der Waals surface area (Å²) in [5.41, 5.74) is 6.65. The zero-order valence-electron chi connectivity index (χ0n) is 16.5. The number of nitrogens with two attached hydrogens (primary N) is 1. The molecule has 0 aliphatic carbocycles. The van der Waals surface area contributed by atoms with Gasteiger partial charge in [-0.15, -0.1) is 0 Å². The van der Waals surface area contributed by atoms with E-state index in [9.17, 15) is 14.4 Å². The van der Waals surface area contributed by atoms with Crippen LogP contribution in [0, 0.1) is 5.92 Å². The molecule has 0 bridgehead atoms. The van der Waals surface area contributed by atoms with E-state index in [1.807, 2.05) is 24.3 Å². The number of benzene rings is 1. The van der Waals surface area contributed by atoms with Crippen LogP contribution in [0.4, 0.5) is 0 Å². The Hall–Kier alpha value is -3.16. The van der Waals surface area contributed by atoms with Crippen molar-refractivity contribution in [2.24, 2.45) is 11.7 Å². The van der Waals surface area contributed by atoms with Crippen LogP contribution >= 0.6 is 0 Å². The summed E-state index contributed by atoms with van der Waals surface area (Å²) in [7, 11) is 1.60. The van der Waals surface area contributed by atoms with Gasteiger partial charge in [0.15, 0.2) is 0 Å². The summed E-state index contributed by atoms with van der Waals surface area (Å²) in [6.45, 7) is 1.46. The van der Waals surface area contributed by atoms with Crippen LogP contribution in [0.1, 0.15) is 25.7 Å². The fraction of sp³-hybridized carbons (Fsp3) is 0.429. The zero-order chi connectivity index (χ0) is 20.8. The molecule has 2 amide bonds. The first-order chi connectivity index (χ1) is 14.0. The largest absolute Gasteiger partial charge is 0.497 e. The Morgan fingerprint density at radius 1 is 1.21 bits per heavy atom. The van der Waals surface area contributed by atoms with Crippen LogP contribution in [-0.2, 0) is 16.1 Å². The van der Waals surface area contributed by atoms with Crippen molar-refractivity contribution in [2.75, 3.05) is 20.2 Å². The number of methoxy groups -OCH3 is 1. The number of aromatic nitrogens is 2. The minimum atomic E-state index is -0.293. The van der Waals surface area contributed by atoms with E-state index in [0.29, 0.717) is 56.8 Å². The van der Waals surface area contributed by atoms with E-state index in [-0.39, 0.29) is 23.3 Å². The number of aryl methyl sites for hydroxylation is 1. The molecule has 154 valence electrons. The van der Waals surface area contributed by atoms with Crippen molar-refractivity contribution in [1.82, 2.24) is 14.7 Å². The second kappa shape index (κ2) is 9.36. The summed E-state index contributed by atoms with van der Waals surface area (Å²) >= 11 is 0. The Morgan fingerprint density at radius 2 is 1.97 bits per heavy atom. The van der Waals surface area contributed by atoms with Gasteiger partial charge in [-0.25, -0.2) is 4.68 Å².